The number of carbonyl (C=O) groups is 2. The highest BCUT2D eigenvalue weighted by Gasteiger charge is 2.25. The van der Waals surface area contributed by atoms with Crippen LogP contribution in [0.3, 0.4) is 0 Å². The average molecular weight is 321 g/mol. The van der Waals surface area contributed by atoms with E-state index < -0.39 is 0 Å². The Hall–Kier alpha value is -2.28. The zero-order valence-electron chi connectivity index (χ0n) is 13.5. The molecule has 0 saturated carbocycles. The molecule has 7 heteroatoms. The van der Waals surface area contributed by atoms with Gasteiger partial charge in [0.05, 0.1) is 20.8 Å². The Morgan fingerprint density at radius 1 is 1.22 bits per heavy atom. The summed E-state index contributed by atoms with van der Waals surface area (Å²) in [4.78, 5) is 25.2. The Balaban J connectivity index is 1.91. The molecule has 0 aliphatic carbocycles. The number of nitrogens with zero attached hydrogens (tertiary/aromatic N) is 1. The van der Waals surface area contributed by atoms with Crippen molar-refractivity contribution in [1.29, 1.82) is 0 Å². The van der Waals surface area contributed by atoms with E-state index in [-0.39, 0.29) is 24.3 Å². The Bertz CT molecular complexity index is 568. The number of hydrogen-bond acceptors (Lipinski definition) is 5. The first-order chi connectivity index (χ1) is 11.0. The molecule has 2 rings (SSSR count). The maximum Gasteiger partial charge on any atom is 0.231 e. The van der Waals surface area contributed by atoms with Crippen molar-refractivity contribution in [2.45, 2.75) is 12.8 Å². The summed E-state index contributed by atoms with van der Waals surface area (Å²) in [5.41, 5.74) is 5.86. The number of hydrogen-bond donors (Lipinski definition) is 2. The number of primary amides is 1. The molecule has 1 aliphatic rings. The van der Waals surface area contributed by atoms with Crippen LogP contribution in [0.5, 0.6) is 11.5 Å². The minimum Gasteiger partial charge on any atom is -0.493 e. The van der Waals surface area contributed by atoms with E-state index in [1.165, 1.54) is 0 Å². The van der Waals surface area contributed by atoms with E-state index in [1.807, 2.05) is 4.90 Å². The van der Waals surface area contributed by atoms with Gasteiger partial charge >= 0.3 is 0 Å². The molecule has 0 aromatic heterocycles. The largest absolute Gasteiger partial charge is 0.493 e. The summed E-state index contributed by atoms with van der Waals surface area (Å²) in [5, 5.41) is 2.91. The SMILES string of the molecule is COc1ccc(NC(=O)C2CCN(CC(N)=O)CC2)cc1OC. The van der Waals surface area contributed by atoms with E-state index in [0.717, 1.165) is 0 Å². The minimum atomic E-state index is -0.335. The van der Waals surface area contributed by atoms with Crippen LogP contribution in [0.25, 0.3) is 0 Å². The first-order valence-electron chi connectivity index (χ1n) is 7.57. The van der Waals surface area contributed by atoms with Gasteiger partial charge in [0.1, 0.15) is 0 Å². The monoisotopic (exact) mass is 321 g/mol. The highest BCUT2D eigenvalue weighted by Crippen LogP contribution is 2.30. The number of likely N-dealkylation sites (tertiary alicyclic amines) is 1. The maximum absolute atomic E-state index is 12.4. The van der Waals surface area contributed by atoms with Crippen LogP contribution < -0.4 is 20.5 Å². The molecule has 1 aromatic carbocycles. The maximum atomic E-state index is 12.4. The van der Waals surface area contributed by atoms with Crippen LogP contribution in [0.15, 0.2) is 18.2 Å². The lowest BCUT2D eigenvalue weighted by Crippen LogP contribution is -2.42. The van der Waals surface area contributed by atoms with Crippen molar-refractivity contribution >= 4 is 17.5 Å². The fourth-order valence-corrected chi connectivity index (χ4v) is 2.73. The molecule has 0 spiro atoms. The lowest BCUT2D eigenvalue weighted by Gasteiger charge is -2.30. The van der Waals surface area contributed by atoms with Crippen LogP contribution in [0.1, 0.15) is 12.8 Å². The molecule has 1 saturated heterocycles. The van der Waals surface area contributed by atoms with Crippen LogP contribution in [-0.2, 0) is 9.59 Å². The standard InChI is InChI=1S/C16H23N3O4/c1-22-13-4-3-12(9-14(13)23-2)18-16(21)11-5-7-19(8-6-11)10-15(17)20/h3-4,9,11H,5-8,10H2,1-2H3,(H2,17,20)(H,18,21). The molecule has 7 nitrogen and oxygen atoms in total. The molecule has 3 N–H and O–H groups in total. The summed E-state index contributed by atoms with van der Waals surface area (Å²) in [5.74, 6) is 0.772. The van der Waals surface area contributed by atoms with Crippen LogP contribution >= 0.6 is 0 Å². The summed E-state index contributed by atoms with van der Waals surface area (Å²) >= 11 is 0. The molecule has 1 aromatic rings. The number of ether oxygens (including phenoxy) is 2. The number of amides is 2. The molecule has 0 atom stereocenters. The fourth-order valence-electron chi connectivity index (χ4n) is 2.73. The second kappa shape index (κ2) is 7.82. The molecule has 1 heterocycles. The van der Waals surface area contributed by atoms with Gasteiger partial charge in [0.2, 0.25) is 11.8 Å². The van der Waals surface area contributed by atoms with Gasteiger partial charge in [-0.1, -0.05) is 0 Å². The lowest BCUT2D eigenvalue weighted by atomic mass is 9.96. The fraction of sp³-hybridized carbons (Fsp3) is 0.500. The van der Waals surface area contributed by atoms with Gasteiger partial charge in [0, 0.05) is 17.7 Å². The normalized spacial score (nSPS) is 15.9. The number of nitrogens with one attached hydrogen (secondary N) is 1. The zero-order chi connectivity index (χ0) is 16.8. The predicted molar refractivity (Wildman–Crippen MR) is 86.5 cm³/mol. The molecule has 1 aliphatic heterocycles. The van der Waals surface area contributed by atoms with Gasteiger partial charge in [0.15, 0.2) is 11.5 Å². The smallest absolute Gasteiger partial charge is 0.231 e. The molecule has 23 heavy (non-hydrogen) atoms. The number of piperidine rings is 1. The van der Waals surface area contributed by atoms with E-state index >= 15 is 0 Å². The molecule has 126 valence electrons. The van der Waals surface area contributed by atoms with E-state index in [2.05, 4.69) is 5.32 Å². The number of benzene rings is 1. The second-order valence-corrected chi connectivity index (χ2v) is 5.58. The number of nitrogens with two attached hydrogens (primary N) is 1. The van der Waals surface area contributed by atoms with Gasteiger partial charge in [-0.2, -0.15) is 0 Å². The first kappa shape index (κ1) is 17.1. The summed E-state index contributed by atoms with van der Waals surface area (Å²) in [6.07, 6.45) is 1.43. The summed E-state index contributed by atoms with van der Waals surface area (Å²) in [6.45, 7) is 1.66. The van der Waals surface area contributed by atoms with Crippen molar-refractivity contribution in [3.8, 4) is 11.5 Å². The summed E-state index contributed by atoms with van der Waals surface area (Å²) in [7, 11) is 3.12. The Labute approximate surface area is 135 Å². The molecule has 0 unspecified atom stereocenters. The Morgan fingerprint density at radius 2 is 1.87 bits per heavy atom. The molecular weight excluding hydrogens is 298 g/mol. The van der Waals surface area contributed by atoms with Crippen LogP contribution in [-0.4, -0.2) is 50.6 Å². The topological polar surface area (TPSA) is 93.9 Å². The van der Waals surface area contributed by atoms with E-state index in [4.69, 9.17) is 15.2 Å². The van der Waals surface area contributed by atoms with Crippen LogP contribution in [0, 0.1) is 5.92 Å². The molecule has 0 radical (unpaired) electrons. The molecule has 0 bridgehead atoms. The number of methoxy groups -OCH3 is 2. The average Bonchev–Trinajstić information content (AvgIpc) is 2.54. The van der Waals surface area contributed by atoms with Crippen molar-refractivity contribution < 1.29 is 19.1 Å². The van der Waals surface area contributed by atoms with Crippen molar-refractivity contribution in [3.05, 3.63) is 18.2 Å². The van der Waals surface area contributed by atoms with Gasteiger partial charge in [-0.25, -0.2) is 0 Å². The van der Waals surface area contributed by atoms with Gasteiger partial charge in [0.25, 0.3) is 0 Å². The van der Waals surface area contributed by atoms with Gasteiger partial charge in [-0.05, 0) is 38.1 Å². The van der Waals surface area contributed by atoms with Gasteiger partial charge in [-0.15, -0.1) is 0 Å². The lowest BCUT2D eigenvalue weighted by molar-refractivity contribution is -0.122. The molecule has 2 amide bonds. The second-order valence-electron chi connectivity index (χ2n) is 5.58. The first-order valence-corrected chi connectivity index (χ1v) is 7.57. The number of rotatable bonds is 6. The van der Waals surface area contributed by atoms with E-state index in [1.54, 1.807) is 32.4 Å². The summed E-state index contributed by atoms with van der Waals surface area (Å²) in [6, 6.07) is 5.27. The third-order valence-electron chi connectivity index (χ3n) is 3.99. The minimum absolute atomic E-state index is 0.0176. The zero-order valence-corrected chi connectivity index (χ0v) is 13.5. The number of anilines is 1. The Kier molecular flexibility index (Phi) is 5.81. The van der Waals surface area contributed by atoms with Crippen molar-refractivity contribution in [3.63, 3.8) is 0 Å². The predicted octanol–water partition coefficient (Wildman–Crippen LogP) is 0.840. The van der Waals surface area contributed by atoms with Gasteiger partial charge in [-0.3, -0.25) is 14.5 Å². The third-order valence-corrected chi connectivity index (χ3v) is 3.99. The van der Waals surface area contributed by atoms with Crippen molar-refractivity contribution in [2.24, 2.45) is 11.7 Å². The Morgan fingerprint density at radius 3 is 2.43 bits per heavy atom. The molecular formula is C16H23N3O4. The quantitative estimate of drug-likeness (QED) is 0.810. The van der Waals surface area contributed by atoms with E-state index in [0.29, 0.717) is 43.1 Å². The van der Waals surface area contributed by atoms with Gasteiger partial charge < -0.3 is 20.5 Å². The summed E-state index contributed by atoms with van der Waals surface area (Å²) < 4.78 is 10.4. The third kappa shape index (κ3) is 4.59. The van der Waals surface area contributed by atoms with Crippen molar-refractivity contribution in [1.82, 2.24) is 4.90 Å². The highest BCUT2D eigenvalue weighted by molar-refractivity contribution is 5.93. The van der Waals surface area contributed by atoms with Crippen LogP contribution in [0.4, 0.5) is 5.69 Å². The van der Waals surface area contributed by atoms with E-state index in [9.17, 15) is 9.59 Å². The van der Waals surface area contributed by atoms with Crippen molar-refractivity contribution in [2.75, 3.05) is 39.2 Å². The molecule has 1 fully saturated rings. The highest BCUT2D eigenvalue weighted by atomic mass is 16.5. The number of carbonyl (C=O) groups excluding carboxylic acids is 2. The van der Waals surface area contributed by atoms with Crippen LogP contribution in [0.2, 0.25) is 0 Å².